The third-order valence-electron chi connectivity index (χ3n) is 3.70. The van der Waals surface area contributed by atoms with E-state index in [4.69, 9.17) is 4.74 Å². The molecule has 2 saturated heterocycles. The van der Waals surface area contributed by atoms with Crippen molar-refractivity contribution < 1.29 is 4.74 Å². The largest absolute Gasteiger partial charge is 0.378 e. The van der Waals surface area contributed by atoms with Crippen LogP contribution in [0.1, 0.15) is 39.0 Å². The molecule has 0 aromatic carbocycles. The van der Waals surface area contributed by atoms with Gasteiger partial charge in [0.15, 0.2) is 0 Å². The Morgan fingerprint density at radius 2 is 2.31 bits per heavy atom. The minimum atomic E-state index is 0.522. The number of thioether (sulfide) groups is 1. The Bertz CT molecular complexity index is 192. The smallest absolute Gasteiger partial charge is 0.0589 e. The van der Waals surface area contributed by atoms with E-state index >= 15 is 0 Å². The minimum absolute atomic E-state index is 0.522. The lowest BCUT2D eigenvalue weighted by molar-refractivity contribution is -0.00355. The van der Waals surface area contributed by atoms with Crippen LogP contribution in [0.4, 0.5) is 0 Å². The summed E-state index contributed by atoms with van der Waals surface area (Å²) in [6.07, 6.45) is 6.86. The van der Waals surface area contributed by atoms with Gasteiger partial charge < -0.3 is 10.1 Å². The monoisotopic (exact) mass is 243 g/mol. The highest BCUT2D eigenvalue weighted by Gasteiger charge is 2.23. The predicted molar refractivity (Wildman–Crippen MR) is 71.1 cm³/mol. The van der Waals surface area contributed by atoms with Gasteiger partial charge in [0, 0.05) is 12.6 Å². The van der Waals surface area contributed by atoms with Crippen molar-refractivity contribution in [3.8, 4) is 0 Å². The van der Waals surface area contributed by atoms with Gasteiger partial charge in [-0.15, -0.1) is 0 Å². The molecule has 2 aliphatic heterocycles. The molecule has 94 valence electrons. The molecule has 0 spiro atoms. The van der Waals surface area contributed by atoms with E-state index < -0.39 is 0 Å². The van der Waals surface area contributed by atoms with Crippen LogP contribution in [0.15, 0.2) is 0 Å². The van der Waals surface area contributed by atoms with Gasteiger partial charge in [-0.1, -0.05) is 13.3 Å². The van der Waals surface area contributed by atoms with Crippen molar-refractivity contribution >= 4 is 11.8 Å². The molecule has 2 nitrogen and oxygen atoms in total. The second kappa shape index (κ2) is 6.87. The lowest BCUT2D eigenvalue weighted by Crippen LogP contribution is -2.41. The minimum Gasteiger partial charge on any atom is -0.378 e. The van der Waals surface area contributed by atoms with Crippen LogP contribution in [-0.2, 0) is 4.74 Å². The molecule has 2 aliphatic rings. The maximum atomic E-state index is 5.78. The molecule has 3 heteroatoms. The topological polar surface area (TPSA) is 21.3 Å². The van der Waals surface area contributed by atoms with Crippen molar-refractivity contribution in [1.82, 2.24) is 5.32 Å². The summed E-state index contributed by atoms with van der Waals surface area (Å²) in [6, 6.07) is 0.718. The SMILES string of the molecule is CCCC1CC(NCC2CCSC2)CCO1. The van der Waals surface area contributed by atoms with Gasteiger partial charge in [0.25, 0.3) is 0 Å². The highest BCUT2D eigenvalue weighted by molar-refractivity contribution is 7.99. The summed E-state index contributed by atoms with van der Waals surface area (Å²) in [4.78, 5) is 0. The fourth-order valence-corrected chi connectivity index (χ4v) is 3.95. The summed E-state index contributed by atoms with van der Waals surface area (Å²) in [5, 5.41) is 3.76. The van der Waals surface area contributed by atoms with E-state index in [9.17, 15) is 0 Å². The Morgan fingerprint density at radius 3 is 3.06 bits per heavy atom. The van der Waals surface area contributed by atoms with E-state index in [1.807, 2.05) is 0 Å². The van der Waals surface area contributed by atoms with E-state index in [1.165, 1.54) is 50.2 Å². The third-order valence-corrected chi connectivity index (χ3v) is 4.93. The molecule has 2 fully saturated rings. The van der Waals surface area contributed by atoms with Gasteiger partial charge in [-0.3, -0.25) is 0 Å². The number of ether oxygens (including phenoxy) is 1. The Labute approximate surface area is 104 Å². The average Bonchev–Trinajstić information content (AvgIpc) is 2.80. The second-order valence-corrected chi connectivity index (χ2v) is 6.29. The second-order valence-electron chi connectivity index (χ2n) is 5.14. The molecule has 3 unspecified atom stereocenters. The zero-order valence-electron chi connectivity index (χ0n) is 10.4. The van der Waals surface area contributed by atoms with Gasteiger partial charge >= 0.3 is 0 Å². The zero-order valence-corrected chi connectivity index (χ0v) is 11.2. The Balaban J connectivity index is 1.64. The quantitative estimate of drug-likeness (QED) is 0.802. The fourth-order valence-electron chi connectivity index (χ4n) is 2.67. The van der Waals surface area contributed by atoms with Crippen molar-refractivity contribution in [3.63, 3.8) is 0 Å². The predicted octanol–water partition coefficient (Wildman–Crippen LogP) is 2.68. The number of nitrogens with one attached hydrogen (secondary N) is 1. The van der Waals surface area contributed by atoms with Crippen LogP contribution < -0.4 is 5.32 Å². The van der Waals surface area contributed by atoms with E-state index in [2.05, 4.69) is 24.0 Å². The average molecular weight is 243 g/mol. The Kier molecular flexibility index (Phi) is 5.46. The van der Waals surface area contributed by atoms with Gasteiger partial charge in [0.05, 0.1) is 6.10 Å². The first-order chi connectivity index (χ1) is 7.88. The Morgan fingerprint density at radius 1 is 1.38 bits per heavy atom. The molecule has 0 bridgehead atoms. The molecule has 0 aliphatic carbocycles. The van der Waals surface area contributed by atoms with Crippen LogP contribution in [0, 0.1) is 5.92 Å². The maximum Gasteiger partial charge on any atom is 0.0589 e. The van der Waals surface area contributed by atoms with Gasteiger partial charge in [0.2, 0.25) is 0 Å². The molecule has 0 aromatic heterocycles. The molecule has 3 atom stereocenters. The Hall–Kier alpha value is 0.270. The molecule has 0 radical (unpaired) electrons. The van der Waals surface area contributed by atoms with Crippen LogP contribution in [0.3, 0.4) is 0 Å². The lowest BCUT2D eigenvalue weighted by Gasteiger charge is -2.30. The highest BCUT2D eigenvalue weighted by atomic mass is 32.2. The van der Waals surface area contributed by atoms with Crippen LogP contribution in [0.5, 0.6) is 0 Å². The molecule has 2 rings (SSSR count). The van der Waals surface area contributed by atoms with E-state index in [0.717, 1.165) is 18.6 Å². The van der Waals surface area contributed by atoms with Crippen molar-refractivity contribution in [2.24, 2.45) is 5.92 Å². The van der Waals surface area contributed by atoms with Crippen LogP contribution >= 0.6 is 11.8 Å². The van der Waals surface area contributed by atoms with Gasteiger partial charge in [-0.25, -0.2) is 0 Å². The standard InChI is InChI=1S/C13H25NOS/c1-2-3-13-8-12(4-6-15-13)14-9-11-5-7-16-10-11/h11-14H,2-10H2,1H3. The summed E-state index contributed by atoms with van der Waals surface area (Å²) < 4.78 is 5.78. The van der Waals surface area contributed by atoms with Crippen molar-refractivity contribution in [2.45, 2.75) is 51.2 Å². The summed E-state index contributed by atoms with van der Waals surface area (Å²) in [7, 11) is 0. The van der Waals surface area contributed by atoms with Crippen LogP contribution in [-0.4, -0.2) is 36.8 Å². The first-order valence-electron chi connectivity index (χ1n) is 6.81. The van der Waals surface area contributed by atoms with Gasteiger partial charge in [0.1, 0.15) is 0 Å². The summed E-state index contributed by atoms with van der Waals surface area (Å²) in [5.41, 5.74) is 0. The zero-order chi connectivity index (χ0) is 11.2. The molecule has 0 aromatic rings. The molecule has 0 saturated carbocycles. The highest BCUT2D eigenvalue weighted by Crippen LogP contribution is 2.23. The summed E-state index contributed by atoms with van der Waals surface area (Å²) >= 11 is 2.11. The van der Waals surface area contributed by atoms with Gasteiger partial charge in [-0.2, -0.15) is 11.8 Å². The van der Waals surface area contributed by atoms with Crippen LogP contribution in [0.25, 0.3) is 0 Å². The normalized spacial score (nSPS) is 35.4. The molecule has 16 heavy (non-hydrogen) atoms. The summed E-state index contributed by atoms with van der Waals surface area (Å²) in [5.74, 6) is 3.67. The molecular weight excluding hydrogens is 218 g/mol. The number of hydrogen-bond donors (Lipinski definition) is 1. The molecule has 0 amide bonds. The first-order valence-corrected chi connectivity index (χ1v) is 7.96. The number of rotatable bonds is 5. The van der Waals surface area contributed by atoms with E-state index in [-0.39, 0.29) is 0 Å². The summed E-state index contributed by atoms with van der Waals surface area (Å²) in [6.45, 7) is 4.44. The number of hydrogen-bond acceptors (Lipinski definition) is 3. The third kappa shape index (κ3) is 3.94. The maximum absolute atomic E-state index is 5.78. The van der Waals surface area contributed by atoms with Crippen molar-refractivity contribution in [1.29, 1.82) is 0 Å². The van der Waals surface area contributed by atoms with Crippen molar-refractivity contribution in [2.75, 3.05) is 24.7 Å². The van der Waals surface area contributed by atoms with Crippen LogP contribution in [0.2, 0.25) is 0 Å². The molecular formula is C13H25NOS. The van der Waals surface area contributed by atoms with Gasteiger partial charge in [-0.05, 0) is 49.7 Å². The fraction of sp³-hybridized carbons (Fsp3) is 1.00. The molecule has 2 heterocycles. The van der Waals surface area contributed by atoms with Crippen molar-refractivity contribution in [3.05, 3.63) is 0 Å². The first kappa shape index (κ1) is 12.7. The molecule has 1 N–H and O–H groups in total. The lowest BCUT2D eigenvalue weighted by atomic mass is 9.99. The van der Waals surface area contributed by atoms with E-state index in [0.29, 0.717) is 6.10 Å². The van der Waals surface area contributed by atoms with E-state index in [1.54, 1.807) is 0 Å².